The zero-order chi connectivity index (χ0) is 11.1. The van der Waals surface area contributed by atoms with Gasteiger partial charge in [-0.3, -0.25) is 0 Å². The Bertz CT molecular complexity index is 333. The molecule has 0 bridgehead atoms. The Hall–Kier alpha value is -0.780. The summed E-state index contributed by atoms with van der Waals surface area (Å²) >= 11 is 0. The molecule has 1 fully saturated rings. The van der Waals surface area contributed by atoms with E-state index >= 15 is 0 Å². The van der Waals surface area contributed by atoms with Crippen molar-refractivity contribution in [1.29, 1.82) is 0 Å². The smallest absolute Gasteiger partial charge is 0.00414 e. The number of hydrogen-bond acceptors (Lipinski definition) is 0. The first-order valence-electron chi connectivity index (χ1n) is 5.99. The molecule has 0 nitrogen and oxygen atoms in total. The molecule has 0 amide bonds. The van der Waals surface area contributed by atoms with Crippen LogP contribution < -0.4 is 0 Å². The molecule has 0 heterocycles. The molecule has 0 heteroatoms. The standard InChI is InChI=1S/C15H22/c1-12-5-7-13(8-6-12)15(9-10-15)11-14(2,3)4/h5-8H,9-11H2,1-4H3. The van der Waals surface area contributed by atoms with E-state index in [4.69, 9.17) is 0 Å². The molecule has 1 aliphatic rings. The minimum atomic E-state index is 0.446. The topological polar surface area (TPSA) is 0 Å². The largest absolute Gasteiger partial charge is 0.0601 e. The van der Waals surface area contributed by atoms with Crippen LogP contribution in [0.2, 0.25) is 0 Å². The van der Waals surface area contributed by atoms with Gasteiger partial charge in [-0.1, -0.05) is 50.6 Å². The maximum absolute atomic E-state index is 2.35. The van der Waals surface area contributed by atoms with E-state index in [9.17, 15) is 0 Å². The molecule has 0 aromatic heterocycles. The molecular formula is C15H22. The van der Waals surface area contributed by atoms with Crippen molar-refractivity contribution in [2.75, 3.05) is 0 Å². The van der Waals surface area contributed by atoms with E-state index in [1.54, 1.807) is 5.56 Å². The van der Waals surface area contributed by atoms with E-state index in [2.05, 4.69) is 52.0 Å². The maximum Gasteiger partial charge on any atom is -0.00414 e. The van der Waals surface area contributed by atoms with Crippen molar-refractivity contribution in [3.05, 3.63) is 35.4 Å². The fraction of sp³-hybridized carbons (Fsp3) is 0.600. The molecule has 0 atom stereocenters. The van der Waals surface area contributed by atoms with Crippen LogP contribution in [0.1, 0.15) is 51.2 Å². The third-order valence-corrected chi connectivity index (χ3v) is 3.39. The predicted octanol–water partition coefficient (Wildman–Crippen LogP) is 4.46. The molecule has 1 saturated carbocycles. The van der Waals surface area contributed by atoms with Gasteiger partial charge in [0.15, 0.2) is 0 Å². The van der Waals surface area contributed by atoms with E-state index in [1.807, 2.05) is 0 Å². The fourth-order valence-corrected chi connectivity index (χ4v) is 2.64. The second-order valence-electron chi connectivity index (χ2n) is 6.38. The zero-order valence-electron chi connectivity index (χ0n) is 10.4. The van der Waals surface area contributed by atoms with Gasteiger partial charge in [-0.2, -0.15) is 0 Å². The average molecular weight is 202 g/mol. The van der Waals surface area contributed by atoms with Gasteiger partial charge in [0, 0.05) is 0 Å². The normalized spacial score (nSPS) is 18.9. The second-order valence-corrected chi connectivity index (χ2v) is 6.38. The Balaban J connectivity index is 2.20. The van der Waals surface area contributed by atoms with Gasteiger partial charge in [-0.25, -0.2) is 0 Å². The fourth-order valence-electron chi connectivity index (χ4n) is 2.64. The van der Waals surface area contributed by atoms with Gasteiger partial charge in [-0.15, -0.1) is 0 Å². The van der Waals surface area contributed by atoms with Crippen molar-refractivity contribution in [2.24, 2.45) is 5.41 Å². The summed E-state index contributed by atoms with van der Waals surface area (Å²) in [5.41, 5.74) is 3.89. The van der Waals surface area contributed by atoms with Crippen LogP contribution in [0.4, 0.5) is 0 Å². The Morgan fingerprint density at radius 3 is 2.00 bits per heavy atom. The molecule has 0 aliphatic heterocycles. The molecule has 0 saturated heterocycles. The molecule has 82 valence electrons. The summed E-state index contributed by atoms with van der Waals surface area (Å²) in [5, 5.41) is 0. The van der Waals surface area contributed by atoms with Gasteiger partial charge in [0.1, 0.15) is 0 Å². The van der Waals surface area contributed by atoms with Crippen LogP contribution in [0.25, 0.3) is 0 Å². The molecule has 0 N–H and O–H groups in total. The lowest BCUT2D eigenvalue weighted by Crippen LogP contribution is -2.17. The highest BCUT2D eigenvalue weighted by Crippen LogP contribution is 2.54. The van der Waals surface area contributed by atoms with Crippen LogP contribution in [-0.4, -0.2) is 0 Å². The van der Waals surface area contributed by atoms with Gasteiger partial charge in [-0.05, 0) is 42.6 Å². The third kappa shape index (κ3) is 2.42. The van der Waals surface area contributed by atoms with Crippen molar-refractivity contribution >= 4 is 0 Å². The zero-order valence-corrected chi connectivity index (χ0v) is 10.4. The minimum absolute atomic E-state index is 0.446. The summed E-state index contributed by atoms with van der Waals surface area (Å²) in [6.07, 6.45) is 4.09. The Kier molecular flexibility index (Phi) is 2.41. The van der Waals surface area contributed by atoms with E-state index in [0.29, 0.717) is 10.8 Å². The van der Waals surface area contributed by atoms with Gasteiger partial charge in [0.25, 0.3) is 0 Å². The van der Waals surface area contributed by atoms with Crippen molar-refractivity contribution in [1.82, 2.24) is 0 Å². The van der Waals surface area contributed by atoms with Crippen LogP contribution in [0.3, 0.4) is 0 Å². The highest BCUT2D eigenvalue weighted by atomic mass is 14.5. The van der Waals surface area contributed by atoms with E-state index < -0.39 is 0 Å². The first-order valence-corrected chi connectivity index (χ1v) is 5.99. The van der Waals surface area contributed by atoms with Crippen molar-refractivity contribution < 1.29 is 0 Å². The molecule has 0 radical (unpaired) electrons. The van der Waals surface area contributed by atoms with Gasteiger partial charge in [0.05, 0.1) is 0 Å². The number of hydrogen-bond donors (Lipinski definition) is 0. The molecular weight excluding hydrogens is 180 g/mol. The molecule has 15 heavy (non-hydrogen) atoms. The first kappa shape index (κ1) is 10.7. The minimum Gasteiger partial charge on any atom is -0.0601 e. The summed E-state index contributed by atoms with van der Waals surface area (Å²) in [5.74, 6) is 0. The maximum atomic E-state index is 2.35. The van der Waals surface area contributed by atoms with Gasteiger partial charge in [0.2, 0.25) is 0 Å². The van der Waals surface area contributed by atoms with E-state index in [-0.39, 0.29) is 0 Å². The Morgan fingerprint density at radius 1 is 1.07 bits per heavy atom. The second kappa shape index (κ2) is 3.37. The van der Waals surface area contributed by atoms with Gasteiger partial charge >= 0.3 is 0 Å². The number of aryl methyl sites for hydroxylation is 1. The SMILES string of the molecule is Cc1ccc(C2(CC(C)(C)C)CC2)cc1. The molecule has 1 aromatic rings. The highest BCUT2D eigenvalue weighted by Gasteiger charge is 2.46. The molecule has 2 rings (SSSR count). The lowest BCUT2D eigenvalue weighted by molar-refractivity contribution is 0.329. The monoisotopic (exact) mass is 202 g/mol. The molecule has 1 aromatic carbocycles. The van der Waals surface area contributed by atoms with Crippen LogP contribution in [-0.2, 0) is 5.41 Å². The third-order valence-electron chi connectivity index (χ3n) is 3.39. The lowest BCUT2D eigenvalue weighted by atomic mass is 9.79. The summed E-state index contributed by atoms with van der Waals surface area (Å²) in [6.45, 7) is 9.21. The molecule has 0 spiro atoms. The van der Waals surface area contributed by atoms with Gasteiger partial charge < -0.3 is 0 Å². The van der Waals surface area contributed by atoms with Crippen LogP contribution in [0.15, 0.2) is 24.3 Å². The van der Waals surface area contributed by atoms with Crippen LogP contribution in [0.5, 0.6) is 0 Å². The summed E-state index contributed by atoms with van der Waals surface area (Å²) < 4.78 is 0. The predicted molar refractivity (Wildman–Crippen MR) is 66.2 cm³/mol. The number of rotatable bonds is 2. The Labute approximate surface area is 93.7 Å². The summed E-state index contributed by atoms with van der Waals surface area (Å²) in [6, 6.07) is 9.15. The summed E-state index contributed by atoms with van der Waals surface area (Å²) in [7, 11) is 0. The van der Waals surface area contributed by atoms with Crippen LogP contribution in [0, 0.1) is 12.3 Å². The highest BCUT2D eigenvalue weighted by molar-refractivity contribution is 5.33. The molecule has 1 aliphatic carbocycles. The number of benzene rings is 1. The average Bonchev–Trinajstić information content (AvgIpc) is 2.83. The van der Waals surface area contributed by atoms with E-state index in [0.717, 1.165) is 0 Å². The molecule has 0 unspecified atom stereocenters. The van der Waals surface area contributed by atoms with Crippen molar-refractivity contribution in [2.45, 2.75) is 52.4 Å². The Morgan fingerprint density at radius 2 is 1.60 bits per heavy atom. The quantitative estimate of drug-likeness (QED) is 0.664. The van der Waals surface area contributed by atoms with Crippen LogP contribution >= 0.6 is 0 Å². The first-order chi connectivity index (χ1) is 6.91. The van der Waals surface area contributed by atoms with Crippen molar-refractivity contribution in [3.63, 3.8) is 0 Å². The van der Waals surface area contributed by atoms with Crippen molar-refractivity contribution in [3.8, 4) is 0 Å². The lowest BCUT2D eigenvalue weighted by Gasteiger charge is -2.26. The van der Waals surface area contributed by atoms with E-state index in [1.165, 1.54) is 24.8 Å². The summed E-state index contributed by atoms with van der Waals surface area (Å²) in [4.78, 5) is 0.